The van der Waals surface area contributed by atoms with E-state index in [0.29, 0.717) is 5.02 Å². The fourth-order valence-electron chi connectivity index (χ4n) is 2.18. The van der Waals surface area contributed by atoms with Gasteiger partial charge in [0.25, 0.3) is 11.8 Å². The van der Waals surface area contributed by atoms with Crippen LogP contribution < -0.4 is 21.9 Å². The number of nitrogens with one attached hydrogen (secondary N) is 3. The summed E-state index contributed by atoms with van der Waals surface area (Å²) in [6.07, 6.45) is 0.198. The van der Waals surface area contributed by atoms with Crippen LogP contribution in [-0.4, -0.2) is 23.9 Å². The fraction of sp³-hybridized carbons (Fsp3) is 0.118. The van der Waals surface area contributed by atoms with Crippen LogP contribution in [0.15, 0.2) is 48.5 Å². The second kappa shape index (κ2) is 9.07. The number of rotatable bonds is 5. The Hall–Kier alpha value is -2.77. The molecule has 0 aliphatic heterocycles. The highest BCUT2D eigenvalue weighted by atomic mass is 35.5. The van der Waals surface area contributed by atoms with Crippen LogP contribution in [-0.2, 0) is 11.2 Å². The van der Waals surface area contributed by atoms with Gasteiger partial charge in [-0.2, -0.15) is 0 Å². The van der Waals surface area contributed by atoms with Gasteiger partial charge < -0.3 is 11.1 Å². The number of primary amides is 1. The third-order valence-electron chi connectivity index (χ3n) is 3.39. The van der Waals surface area contributed by atoms with Crippen molar-refractivity contribution < 1.29 is 14.4 Å². The largest absolute Gasteiger partial charge is 0.352 e. The summed E-state index contributed by atoms with van der Waals surface area (Å²) in [6.45, 7) is 0. The van der Waals surface area contributed by atoms with E-state index in [4.69, 9.17) is 28.9 Å². The molecule has 0 saturated carbocycles. The van der Waals surface area contributed by atoms with E-state index in [9.17, 15) is 14.4 Å². The van der Waals surface area contributed by atoms with Gasteiger partial charge in [-0.15, -0.1) is 0 Å². The molecule has 0 heterocycles. The first kappa shape index (κ1) is 19.6. The second-order valence-corrected chi connectivity index (χ2v) is 6.16. The summed E-state index contributed by atoms with van der Waals surface area (Å²) in [4.78, 5) is 35.6. The van der Waals surface area contributed by atoms with Gasteiger partial charge in [-0.25, -0.2) is 4.79 Å². The molecule has 4 amide bonds. The summed E-state index contributed by atoms with van der Waals surface area (Å²) in [5.74, 6) is -1.29. The number of hydrogen-bond acceptors (Lipinski definition) is 3. The number of carbonyl (C=O) groups excluding carboxylic acids is 3. The zero-order chi connectivity index (χ0) is 19.1. The van der Waals surface area contributed by atoms with Crippen LogP contribution in [0.2, 0.25) is 10.0 Å². The van der Waals surface area contributed by atoms with Crippen molar-refractivity contribution >= 4 is 41.0 Å². The topological polar surface area (TPSA) is 113 Å². The van der Waals surface area contributed by atoms with Crippen LogP contribution in [0.25, 0.3) is 0 Å². The summed E-state index contributed by atoms with van der Waals surface area (Å²) >= 11 is 11.8. The third-order valence-corrected chi connectivity index (χ3v) is 3.95. The Kier molecular flexibility index (Phi) is 6.82. The van der Waals surface area contributed by atoms with E-state index in [1.165, 1.54) is 18.2 Å². The monoisotopic (exact) mass is 394 g/mol. The number of urea groups is 1. The van der Waals surface area contributed by atoms with Gasteiger partial charge in [0, 0.05) is 11.4 Å². The summed E-state index contributed by atoms with van der Waals surface area (Å²) in [5, 5.41) is 2.84. The van der Waals surface area contributed by atoms with Crippen LogP contribution in [0.3, 0.4) is 0 Å². The molecule has 26 heavy (non-hydrogen) atoms. The average molecular weight is 395 g/mol. The number of amides is 4. The van der Waals surface area contributed by atoms with Gasteiger partial charge in [0.2, 0.25) is 0 Å². The van der Waals surface area contributed by atoms with Crippen molar-refractivity contribution in [3.05, 3.63) is 69.7 Å². The van der Waals surface area contributed by atoms with Crippen molar-refractivity contribution in [2.75, 3.05) is 0 Å². The summed E-state index contributed by atoms with van der Waals surface area (Å²) in [6, 6.07) is 11.6. The average Bonchev–Trinajstić information content (AvgIpc) is 2.61. The molecule has 0 bridgehead atoms. The molecule has 1 atom stereocenters. The van der Waals surface area contributed by atoms with Gasteiger partial charge in [0.1, 0.15) is 6.04 Å². The maximum atomic E-state index is 12.3. The van der Waals surface area contributed by atoms with E-state index in [-0.39, 0.29) is 17.0 Å². The van der Waals surface area contributed by atoms with Crippen LogP contribution >= 0.6 is 23.2 Å². The second-order valence-electron chi connectivity index (χ2n) is 5.32. The van der Waals surface area contributed by atoms with Crippen molar-refractivity contribution in [1.82, 2.24) is 16.2 Å². The van der Waals surface area contributed by atoms with E-state index >= 15 is 0 Å². The Morgan fingerprint density at radius 1 is 1.00 bits per heavy atom. The number of halogens is 2. The molecule has 9 heteroatoms. The first-order chi connectivity index (χ1) is 12.4. The Balaban J connectivity index is 2.03. The molecule has 5 N–H and O–H groups in total. The molecule has 136 valence electrons. The standard InChI is InChI=1S/C17H16Cl2N4O3/c18-11-6-7-13(19)12(9-11)15(24)22-23-16(25)14(21-17(20)26)8-10-4-2-1-3-5-10/h1-7,9,14H,8H2,(H,22,24)(H,23,25)(H3,20,21,26). The maximum Gasteiger partial charge on any atom is 0.312 e. The Morgan fingerprint density at radius 2 is 1.69 bits per heavy atom. The van der Waals surface area contributed by atoms with Crippen LogP contribution in [0.4, 0.5) is 4.79 Å². The molecule has 0 aliphatic carbocycles. The van der Waals surface area contributed by atoms with E-state index in [1.807, 2.05) is 6.07 Å². The van der Waals surface area contributed by atoms with E-state index in [0.717, 1.165) is 5.56 Å². The molecule has 0 aromatic heterocycles. The van der Waals surface area contributed by atoms with Gasteiger partial charge in [-0.3, -0.25) is 20.4 Å². The zero-order valence-electron chi connectivity index (χ0n) is 13.5. The van der Waals surface area contributed by atoms with Gasteiger partial charge in [0.15, 0.2) is 0 Å². The van der Waals surface area contributed by atoms with Gasteiger partial charge >= 0.3 is 6.03 Å². The molecular formula is C17H16Cl2N4O3. The highest BCUT2D eigenvalue weighted by Gasteiger charge is 2.21. The predicted molar refractivity (Wildman–Crippen MR) is 98.7 cm³/mol. The molecule has 7 nitrogen and oxygen atoms in total. The lowest BCUT2D eigenvalue weighted by Gasteiger charge is -2.18. The predicted octanol–water partition coefficient (Wildman–Crippen LogP) is 2.03. The molecule has 1 unspecified atom stereocenters. The number of benzene rings is 2. The van der Waals surface area contributed by atoms with Gasteiger partial charge in [-0.05, 0) is 23.8 Å². The van der Waals surface area contributed by atoms with Crippen molar-refractivity contribution in [2.24, 2.45) is 5.73 Å². The SMILES string of the molecule is NC(=O)NC(Cc1ccccc1)C(=O)NNC(=O)c1cc(Cl)ccc1Cl. The fourth-order valence-corrected chi connectivity index (χ4v) is 2.55. The van der Waals surface area contributed by atoms with E-state index in [2.05, 4.69) is 16.2 Å². The Bertz CT molecular complexity index is 815. The first-order valence-corrected chi connectivity index (χ1v) is 8.27. The quantitative estimate of drug-likeness (QED) is 0.581. The van der Waals surface area contributed by atoms with Crippen LogP contribution in [0.5, 0.6) is 0 Å². The molecule has 0 aliphatic rings. The number of nitrogens with two attached hydrogens (primary N) is 1. The Labute approximate surface area is 159 Å². The molecule has 0 radical (unpaired) electrons. The molecule has 0 spiro atoms. The normalized spacial score (nSPS) is 11.3. The molecule has 0 fully saturated rings. The summed E-state index contributed by atoms with van der Waals surface area (Å²) in [7, 11) is 0. The number of hydrazine groups is 1. The van der Waals surface area contributed by atoms with Crippen molar-refractivity contribution in [1.29, 1.82) is 0 Å². The Morgan fingerprint density at radius 3 is 2.35 bits per heavy atom. The molecular weight excluding hydrogens is 379 g/mol. The maximum absolute atomic E-state index is 12.3. The number of hydrogen-bond donors (Lipinski definition) is 4. The minimum Gasteiger partial charge on any atom is -0.352 e. The molecule has 2 rings (SSSR count). The summed E-state index contributed by atoms with van der Waals surface area (Å²) in [5.41, 5.74) is 10.5. The zero-order valence-corrected chi connectivity index (χ0v) is 15.0. The number of carbonyl (C=O) groups is 3. The highest BCUT2D eigenvalue weighted by Crippen LogP contribution is 2.20. The van der Waals surface area contributed by atoms with Crippen molar-refractivity contribution in [3.8, 4) is 0 Å². The van der Waals surface area contributed by atoms with Gasteiger partial charge in [0.05, 0.1) is 10.6 Å². The smallest absolute Gasteiger partial charge is 0.312 e. The van der Waals surface area contributed by atoms with Crippen LogP contribution in [0.1, 0.15) is 15.9 Å². The molecule has 0 saturated heterocycles. The lowest BCUT2D eigenvalue weighted by atomic mass is 10.1. The summed E-state index contributed by atoms with van der Waals surface area (Å²) < 4.78 is 0. The van der Waals surface area contributed by atoms with Crippen molar-refractivity contribution in [3.63, 3.8) is 0 Å². The third kappa shape index (κ3) is 5.65. The van der Waals surface area contributed by atoms with Crippen molar-refractivity contribution in [2.45, 2.75) is 12.5 Å². The minimum absolute atomic E-state index is 0.0990. The molecule has 2 aromatic carbocycles. The van der Waals surface area contributed by atoms with Gasteiger partial charge in [-0.1, -0.05) is 53.5 Å². The lowest BCUT2D eigenvalue weighted by Crippen LogP contribution is -2.54. The minimum atomic E-state index is -0.968. The first-order valence-electron chi connectivity index (χ1n) is 7.52. The van der Waals surface area contributed by atoms with E-state index < -0.39 is 23.9 Å². The lowest BCUT2D eigenvalue weighted by molar-refractivity contribution is -0.123. The molecule has 2 aromatic rings. The highest BCUT2D eigenvalue weighted by molar-refractivity contribution is 6.35. The van der Waals surface area contributed by atoms with E-state index in [1.54, 1.807) is 24.3 Å². The van der Waals surface area contributed by atoms with Crippen LogP contribution in [0, 0.1) is 0 Å².